The second-order valence-corrected chi connectivity index (χ2v) is 4.67. The van der Waals surface area contributed by atoms with Crippen LogP contribution in [-0.4, -0.2) is 24.1 Å². The molecule has 0 saturated carbocycles. The number of anilines is 1. The van der Waals surface area contributed by atoms with Crippen LogP contribution in [0.25, 0.3) is 0 Å². The summed E-state index contributed by atoms with van der Waals surface area (Å²) >= 11 is 3.37. The van der Waals surface area contributed by atoms with E-state index in [1.54, 1.807) is 6.07 Å². The van der Waals surface area contributed by atoms with Crippen molar-refractivity contribution in [3.8, 4) is 0 Å². The molecule has 0 bridgehead atoms. The Labute approximate surface area is 103 Å². The zero-order valence-electron chi connectivity index (χ0n) is 9.00. The van der Waals surface area contributed by atoms with Crippen LogP contribution in [0.1, 0.15) is 12.1 Å². The van der Waals surface area contributed by atoms with E-state index in [9.17, 15) is 4.79 Å². The van der Waals surface area contributed by atoms with Gasteiger partial charge in [-0.25, -0.2) is 4.98 Å². The molecule has 1 aliphatic heterocycles. The SMILES string of the molecule is Cc1nc(NC(=O)C2CCOC2)ccc1Br. The summed E-state index contributed by atoms with van der Waals surface area (Å²) in [6, 6.07) is 3.66. The highest BCUT2D eigenvalue weighted by molar-refractivity contribution is 9.10. The third-order valence-electron chi connectivity index (χ3n) is 2.57. The van der Waals surface area contributed by atoms with Gasteiger partial charge >= 0.3 is 0 Å². The Hall–Kier alpha value is -0.940. The van der Waals surface area contributed by atoms with E-state index in [0.717, 1.165) is 16.6 Å². The zero-order chi connectivity index (χ0) is 11.5. The summed E-state index contributed by atoms with van der Waals surface area (Å²) in [5.74, 6) is 0.551. The number of halogens is 1. The Morgan fingerprint density at radius 1 is 1.62 bits per heavy atom. The van der Waals surface area contributed by atoms with E-state index in [4.69, 9.17) is 4.74 Å². The predicted octanol–water partition coefficient (Wildman–Crippen LogP) is 2.13. The smallest absolute Gasteiger partial charge is 0.231 e. The van der Waals surface area contributed by atoms with Crippen molar-refractivity contribution < 1.29 is 9.53 Å². The number of aryl methyl sites for hydroxylation is 1. The summed E-state index contributed by atoms with van der Waals surface area (Å²) in [7, 11) is 0. The van der Waals surface area contributed by atoms with Crippen molar-refractivity contribution in [3.05, 3.63) is 22.3 Å². The zero-order valence-corrected chi connectivity index (χ0v) is 10.6. The molecule has 1 aliphatic rings. The molecule has 1 amide bonds. The number of pyridine rings is 1. The molecule has 0 spiro atoms. The van der Waals surface area contributed by atoms with Gasteiger partial charge in [-0.15, -0.1) is 0 Å². The van der Waals surface area contributed by atoms with E-state index < -0.39 is 0 Å². The van der Waals surface area contributed by atoms with Crippen molar-refractivity contribution in [2.24, 2.45) is 5.92 Å². The molecule has 5 heteroatoms. The average Bonchev–Trinajstić information content (AvgIpc) is 2.77. The molecule has 0 radical (unpaired) electrons. The molecule has 1 unspecified atom stereocenters. The standard InChI is InChI=1S/C11H13BrN2O2/c1-7-9(12)2-3-10(13-7)14-11(15)8-4-5-16-6-8/h2-3,8H,4-6H2,1H3,(H,13,14,15). The van der Waals surface area contributed by atoms with Gasteiger partial charge in [0.25, 0.3) is 0 Å². The number of aromatic nitrogens is 1. The molecular formula is C11H13BrN2O2. The van der Waals surface area contributed by atoms with E-state index in [1.165, 1.54) is 0 Å². The van der Waals surface area contributed by atoms with E-state index in [0.29, 0.717) is 19.0 Å². The first-order valence-electron chi connectivity index (χ1n) is 5.18. The molecule has 1 N–H and O–H groups in total. The second-order valence-electron chi connectivity index (χ2n) is 3.81. The Kier molecular flexibility index (Phi) is 3.56. The summed E-state index contributed by atoms with van der Waals surface area (Å²) in [6.07, 6.45) is 0.793. The van der Waals surface area contributed by atoms with Crippen LogP contribution in [0, 0.1) is 12.8 Å². The summed E-state index contributed by atoms with van der Waals surface area (Å²) in [5, 5.41) is 2.80. The van der Waals surface area contributed by atoms with Gasteiger partial charge in [-0.1, -0.05) is 0 Å². The Bertz CT molecular complexity index is 403. The van der Waals surface area contributed by atoms with Crippen LogP contribution in [0.3, 0.4) is 0 Å². The molecule has 0 aliphatic carbocycles. The van der Waals surface area contributed by atoms with Gasteiger partial charge in [0.1, 0.15) is 5.82 Å². The third-order valence-corrected chi connectivity index (χ3v) is 3.41. The molecule has 86 valence electrons. The van der Waals surface area contributed by atoms with E-state index in [-0.39, 0.29) is 11.8 Å². The summed E-state index contributed by atoms with van der Waals surface area (Å²) in [6.45, 7) is 3.07. The lowest BCUT2D eigenvalue weighted by Gasteiger charge is -2.09. The van der Waals surface area contributed by atoms with Gasteiger partial charge < -0.3 is 10.1 Å². The highest BCUT2D eigenvalue weighted by Gasteiger charge is 2.23. The van der Waals surface area contributed by atoms with E-state index in [1.807, 2.05) is 13.0 Å². The lowest BCUT2D eigenvalue weighted by molar-refractivity contribution is -0.119. The van der Waals surface area contributed by atoms with Gasteiger partial charge in [-0.2, -0.15) is 0 Å². The molecular weight excluding hydrogens is 272 g/mol. The Morgan fingerprint density at radius 2 is 2.44 bits per heavy atom. The molecule has 1 fully saturated rings. The minimum absolute atomic E-state index is 0.00766. The largest absolute Gasteiger partial charge is 0.381 e. The maximum Gasteiger partial charge on any atom is 0.231 e. The van der Waals surface area contributed by atoms with Crippen molar-refractivity contribution in [2.45, 2.75) is 13.3 Å². The lowest BCUT2D eigenvalue weighted by Crippen LogP contribution is -2.23. The molecule has 2 heterocycles. The number of nitrogens with zero attached hydrogens (tertiary/aromatic N) is 1. The van der Waals surface area contributed by atoms with E-state index >= 15 is 0 Å². The fourth-order valence-electron chi connectivity index (χ4n) is 1.58. The topological polar surface area (TPSA) is 51.2 Å². The molecule has 1 aromatic rings. The number of amides is 1. The van der Waals surface area contributed by atoms with E-state index in [2.05, 4.69) is 26.2 Å². The monoisotopic (exact) mass is 284 g/mol. The van der Waals surface area contributed by atoms with Crippen LogP contribution in [0.5, 0.6) is 0 Å². The van der Waals surface area contributed by atoms with Crippen LogP contribution >= 0.6 is 15.9 Å². The van der Waals surface area contributed by atoms with Gasteiger partial charge in [0.15, 0.2) is 0 Å². The summed E-state index contributed by atoms with van der Waals surface area (Å²) in [4.78, 5) is 16.0. The summed E-state index contributed by atoms with van der Waals surface area (Å²) in [5.41, 5.74) is 0.862. The van der Waals surface area contributed by atoms with Gasteiger partial charge in [0.05, 0.1) is 18.2 Å². The maximum absolute atomic E-state index is 11.8. The van der Waals surface area contributed by atoms with Crippen molar-refractivity contribution in [1.82, 2.24) is 4.98 Å². The van der Waals surface area contributed by atoms with Crippen LogP contribution in [-0.2, 0) is 9.53 Å². The highest BCUT2D eigenvalue weighted by Crippen LogP contribution is 2.18. The van der Waals surface area contributed by atoms with Crippen LogP contribution in [0.15, 0.2) is 16.6 Å². The van der Waals surface area contributed by atoms with Crippen molar-refractivity contribution >= 4 is 27.7 Å². The molecule has 1 aromatic heterocycles. The minimum atomic E-state index is -0.0363. The number of ether oxygens (including phenoxy) is 1. The lowest BCUT2D eigenvalue weighted by atomic mass is 10.1. The maximum atomic E-state index is 11.8. The first kappa shape index (κ1) is 11.5. The van der Waals surface area contributed by atoms with Crippen LogP contribution in [0.2, 0.25) is 0 Å². The van der Waals surface area contributed by atoms with Crippen LogP contribution in [0.4, 0.5) is 5.82 Å². The van der Waals surface area contributed by atoms with Gasteiger partial charge in [0.2, 0.25) is 5.91 Å². The number of rotatable bonds is 2. The molecule has 1 saturated heterocycles. The number of carbonyl (C=O) groups excluding carboxylic acids is 1. The molecule has 2 rings (SSSR count). The second kappa shape index (κ2) is 4.93. The van der Waals surface area contributed by atoms with Crippen molar-refractivity contribution in [3.63, 3.8) is 0 Å². The highest BCUT2D eigenvalue weighted by atomic mass is 79.9. The fourth-order valence-corrected chi connectivity index (χ4v) is 1.80. The Balaban J connectivity index is 2.02. The predicted molar refractivity (Wildman–Crippen MR) is 64.2 cm³/mol. The molecule has 4 nitrogen and oxygen atoms in total. The number of hydrogen-bond acceptors (Lipinski definition) is 3. The molecule has 16 heavy (non-hydrogen) atoms. The number of nitrogens with one attached hydrogen (secondary N) is 1. The van der Waals surface area contributed by atoms with Gasteiger partial charge in [0, 0.05) is 11.1 Å². The van der Waals surface area contributed by atoms with Crippen molar-refractivity contribution in [1.29, 1.82) is 0 Å². The number of hydrogen-bond donors (Lipinski definition) is 1. The normalized spacial score (nSPS) is 19.8. The molecule has 1 atom stereocenters. The number of carbonyl (C=O) groups is 1. The first-order valence-corrected chi connectivity index (χ1v) is 5.98. The average molecular weight is 285 g/mol. The minimum Gasteiger partial charge on any atom is -0.381 e. The quantitative estimate of drug-likeness (QED) is 0.905. The third kappa shape index (κ3) is 2.59. The fraction of sp³-hybridized carbons (Fsp3) is 0.455. The molecule has 0 aromatic carbocycles. The van der Waals surface area contributed by atoms with Gasteiger partial charge in [-0.05, 0) is 41.4 Å². The van der Waals surface area contributed by atoms with Crippen LogP contribution < -0.4 is 5.32 Å². The first-order chi connectivity index (χ1) is 7.66. The van der Waals surface area contributed by atoms with Crippen molar-refractivity contribution in [2.75, 3.05) is 18.5 Å². The Morgan fingerprint density at radius 3 is 3.06 bits per heavy atom. The summed E-state index contributed by atoms with van der Waals surface area (Å²) < 4.78 is 6.11. The van der Waals surface area contributed by atoms with Gasteiger partial charge in [-0.3, -0.25) is 4.79 Å².